The lowest BCUT2D eigenvalue weighted by Gasteiger charge is -2.16. The Morgan fingerprint density at radius 3 is 2.42 bits per heavy atom. The van der Waals surface area contributed by atoms with Crippen LogP contribution in [0.5, 0.6) is 5.75 Å². The molecule has 2 amide bonds. The Kier molecular flexibility index (Phi) is 5.21. The maximum absolute atomic E-state index is 13.1. The average Bonchev–Trinajstić information content (AvgIpc) is 3.46. The number of carbonyl (C=O) groups excluding carboxylic acids is 2. The fourth-order valence-electron chi connectivity index (χ4n) is 2.90. The first-order valence-electron chi connectivity index (χ1n) is 8.47. The second kappa shape index (κ2) is 7.56. The van der Waals surface area contributed by atoms with E-state index in [2.05, 4.69) is 10.6 Å². The van der Waals surface area contributed by atoms with Crippen molar-refractivity contribution in [3.05, 3.63) is 65.5 Å². The van der Waals surface area contributed by atoms with Gasteiger partial charge in [0.1, 0.15) is 11.6 Å². The topological polar surface area (TPSA) is 67.4 Å². The van der Waals surface area contributed by atoms with Gasteiger partial charge in [-0.25, -0.2) is 4.39 Å². The second-order valence-corrected chi connectivity index (χ2v) is 6.50. The Morgan fingerprint density at radius 2 is 1.77 bits per heavy atom. The van der Waals surface area contributed by atoms with Gasteiger partial charge in [0.2, 0.25) is 0 Å². The molecule has 0 aliphatic heterocycles. The summed E-state index contributed by atoms with van der Waals surface area (Å²) < 4.78 is 18.2. The summed E-state index contributed by atoms with van der Waals surface area (Å²) in [5.74, 6) is -0.939. The zero-order chi connectivity index (χ0) is 18.6. The minimum atomic E-state index is -0.678. The van der Waals surface area contributed by atoms with Gasteiger partial charge < -0.3 is 15.4 Å². The van der Waals surface area contributed by atoms with E-state index >= 15 is 0 Å². The molecule has 2 aromatic rings. The van der Waals surface area contributed by atoms with Crippen molar-refractivity contribution in [3.63, 3.8) is 0 Å². The number of rotatable bonds is 6. The smallest absolute Gasteiger partial charge is 0.309 e. The molecule has 1 aliphatic rings. The van der Waals surface area contributed by atoms with Gasteiger partial charge in [-0.2, -0.15) is 0 Å². The number of benzene rings is 2. The number of nitrogens with one attached hydrogen (secondary N) is 2. The van der Waals surface area contributed by atoms with Crippen molar-refractivity contribution in [3.8, 4) is 5.75 Å². The van der Waals surface area contributed by atoms with Crippen LogP contribution in [0.2, 0.25) is 0 Å². The van der Waals surface area contributed by atoms with Gasteiger partial charge >= 0.3 is 11.8 Å². The fourth-order valence-corrected chi connectivity index (χ4v) is 2.90. The molecular formula is C20H21FN2O3. The molecule has 136 valence electrons. The zero-order valence-corrected chi connectivity index (χ0v) is 14.5. The first-order chi connectivity index (χ1) is 12.5. The maximum atomic E-state index is 13.1. The first kappa shape index (κ1) is 17.9. The lowest BCUT2D eigenvalue weighted by atomic mass is 9.96. The number of hydrogen-bond acceptors (Lipinski definition) is 3. The van der Waals surface area contributed by atoms with Gasteiger partial charge in [0, 0.05) is 18.5 Å². The number of ether oxygens (including phenoxy) is 1. The molecule has 0 heterocycles. The van der Waals surface area contributed by atoms with Crippen molar-refractivity contribution in [2.75, 3.05) is 13.7 Å². The van der Waals surface area contributed by atoms with Crippen LogP contribution in [0.15, 0.2) is 48.5 Å². The molecule has 2 aromatic carbocycles. The van der Waals surface area contributed by atoms with Crippen LogP contribution in [-0.4, -0.2) is 25.5 Å². The first-order valence-corrected chi connectivity index (χ1v) is 8.47. The Morgan fingerprint density at radius 1 is 1.08 bits per heavy atom. The molecule has 0 bridgehead atoms. The van der Waals surface area contributed by atoms with Crippen LogP contribution in [0.3, 0.4) is 0 Å². The van der Waals surface area contributed by atoms with Crippen LogP contribution >= 0.6 is 0 Å². The van der Waals surface area contributed by atoms with Crippen molar-refractivity contribution < 1.29 is 18.7 Å². The highest BCUT2D eigenvalue weighted by Gasteiger charge is 2.44. The van der Waals surface area contributed by atoms with E-state index in [9.17, 15) is 14.0 Å². The van der Waals surface area contributed by atoms with Gasteiger partial charge in [0.05, 0.1) is 7.11 Å². The number of hydrogen-bond donors (Lipinski definition) is 2. The van der Waals surface area contributed by atoms with Gasteiger partial charge in [-0.3, -0.25) is 9.59 Å². The van der Waals surface area contributed by atoms with Crippen molar-refractivity contribution in [2.45, 2.75) is 24.8 Å². The lowest BCUT2D eigenvalue weighted by Crippen LogP contribution is -2.42. The van der Waals surface area contributed by atoms with Gasteiger partial charge in [0.25, 0.3) is 0 Å². The number of carbonyl (C=O) groups is 2. The molecule has 0 spiro atoms. The number of halogens is 1. The van der Waals surface area contributed by atoms with Crippen LogP contribution < -0.4 is 15.4 Å². The van der Waals surface area contributed by atoms with E-state index in [4.69, 9.17) is 4.74 Å². The predicted molar refractivity (Wildman–Crippen MR) is 95.2 cm³/mol. The van der Waals surface area contributed by atoms with E-state index < -0.39 is 11.8 Å². The summed E-state index contributed by atoms with van der Waals surface area (Å²) in [6, 6.07) is 13.6. The Bertz CT molecular complexity index is 801. The molecule has 0 radical (unpaired) electrons. The highest BCUT2D eigenvalue weighted by atomic mass is 19.1. The molecular weight excluding hydrogens is 335 g/mol. The van der Waals surface area contributed by atoms with Crippen LogP contribution in [0.1, 0.15) is 24.0 Å². The normalized spacial score (nSPS) is 14.4. The van der Waals surface area contributed by atoms with Gasteiger partial charge in [-0.1, -0.05) is 24.3 Å². The summed E-state index contributed by atoms with van der Waals surface area (Å²) in [5, 5.41) is 5.29. The summed E-state index contributed by atoms with van der Waals surface area (Å²) in [6.07, 6.45) is 1.81. The molecule has 1 saturated carbocycles. The zero-order valence-electron chi connectivity index (χ0n) is 14.5. The molecule has 1 aliphatic carbocycles. The van der Waals surface area contributed by atoms with Crippen LogP contribution in [0.4, 0.5) is 4.39 Å². The van der Waals surface area contributed by atoms with E-state index in [0.717, 1.165) is 24.0 Å². The van der Waals surface area contributed by atoms with Crippen molar-refractivity contribution >= 4 is 11.8 Å². The summed E-state index contributed by atoms with van der Waals surface area (Å²) in [5.41, 5.74) is 1.64. The minimum Gasteiger partial charge on any atom is -0.497 e. The molecule has 5 nitrogen and oxygen atoms in total. The standard InChI is InChI=1S/C20H21FN2O3/c1-26-17-4-2-3-14(11-17)12-22-18(24)19(25)23-13-20(9-10-20)15-5-7-16(21)8-6-15/h2-8,11H,9-10,12-13H2,1H3,(H,22,24)(H,23,25). The summed E-state index contributed by atoms with van der Waals surface area (Å²) >= 11 is 0. The molecule has 1 fully saturated rings. The average molecular weight is 356 g/mol. The van der Waals surface area contributed by atoms with Crippen LogP contribution in [0, 0.1) is 5.82 Å². The van der Waals surface area contributed by atoms with Gasteiger partial charge in [-0.05, 0) is 48.2 Å². The quantitative estimate of drug-likeness (QED) is 0.781. The highest BCUT2D eigenvalue weighted by Crippen LogP contribution is 2.47. The number of methoxy groups -OCH3 is 1. The minimum absolute atomic E-state index is 0.184. The third kappa shape index (κ3) is 4.20. The van der Waals surface area contributed by atoms with E-state index in [1.54, 1.807) is 25.3 Å². The molecule has 0 saturated heterocycles. The molecule has 0 aromatic heterocycles. The molecule has 6 heteroatoms. The third-order valence-corrected chi connectivity index (χ3v) is 4.69. The monoisotopic (exact) mass is 356 g/mol. The molecule has 3 rings (SSSR count). The highest BCUT2D eigenvalue weighted by molar-refractivity contribution is 6.35. The van der Waals surface area contributed by atoms with Gasteiger partial charge in [0.15, 0.2) is 0 Å². The van der Waals surface area contributed by atoms with Crippen LogP contribution in [0.25, 0.3) is 0 Å². The number of amides is 2. The van der Waals surface area contributed by atoms with Crippen molar-refractivity contribution in [1.82, 2.24) is 10.6 Å². The maximum Gasteiger partial charge on any atom is 0.309 e. The van der Waals surface area contributed by atoms with E-state index in [1.165, 1.54) is 12.1 Å². The predicted octanol–water partition coefficient (Wildman–Crippen LogP) is 2.30. The molecule has 26 heavy (non-hydrogen) atoms. The van der Waals surface area contributed by atoms with Gasteiger partial charge in [-0.15, -0.1) is 0 Å². The van der Waals surface area contributed by atoms with Crippen molar-refractivity contribution in [1.29, 1.82) is 0 Å². The Balaban J connectivity index is 1.50. The van der Waals surface area contributed by atoms with E-state index in [-0.39, 0.29) is 17.8 Å². The summed E-state index contributed by atoms with van der Waals surface area (Å²) in [7, 11) is 1.57. The van der Waals surface area contributed by atoms with Crippen molar-refractivity contribution in [2.24, 2.45) is 0 Å². The van der Waals surface area contributed by atoms with E-state index in [0.29, 0.717) is 12.3 Å². The van der Waals surface area contributed by atoms with Crippen LogP contribution in [-0.2, 0) is 21.5 Å². The summed E-state index contributed by atoms with van der Waals surface area (Å²) in [6.45, 7) is 0.608. The fraction of sp³-hybridized carbons (Fsp3) is 0.300. The Labute approximate surface area is 151 Å². The van der Waals surface area contributed by atoms with E-state index in [1.807, 2.05) is 18.2 Å². The molecule has 0 unspecified atom stereocenters. The molecule has 0 atom stereocenters. The lowest BCUT2D eigenvalue weighted by molar-refractivity contribution is -0.139. The second-order valence-electron chi connectivity index (χ2n) is 6.50. The Hall–Kier alpha value is -2.89. The third-order valence-electron chi connectivity index (χ3n) is 4.69. The molecule has 2 N–H and O–H groups in total. The SMILES string of the molecule is COc1cccc(CNC(=O)C(=O)NCC2(c3ccc(F)cc3)CC2)c1. The largest absolute Gasteiger partial charge is 0.497 e. The summed E-state index contributed by atoms with van der Waals surface area (Å²) in [4.78, 5) is 24.0.